The van der Waals surface area contributed by atoms with E-state index in [0.29, 0.717) is 17.5 Å². The van der Waals surface area contributed by atoms with Crippen LogP contribution < -0.4 is 5.73 Å². The van der Waals surface area contributed by atoms with Crippen LogP contribution in [0.1, 0.15) is 40.0 Å². The number of likely N-dealkylation sites (N-methyl/N-ethyl adjacent to an activating group) is 1. The molecule has 0 radical (unpaired) electrons. The first-order valence-corrected chi connectivity index (χ1v) is 5.45. The van der Waals surface area contributed by atoms with Gasteiger partial charge >= 0.3 is 0 Å². The molecule has 0 aliphatic heterocycles. The van der Waals surface area contributed by atoms with Gasteiger partial charge in [0.1, 0.15) is 0 Å². The predicted octanol–water partition coefficient (Wildman–Crippen LogP) is 1.84. The molecular formula is C11H24N2. The monoisotopic (exact) mass is 184 g/mol. The molecule has 2 N–H and O–H groups in total. The van der Waals surface area contributed by atoms with Crippen LogP contribution in [0.3, 0.4) is 0 Å². The molecule has 0 aromatic carbocycles. The molecule has 0 bridgehead atoms. The van der Waals surface area contributed by atoms with Gasteiger partial charge in [-0.05, 0) is 31.8 Å². The quantitative estimate of drug-likeness (QED) is 0.709. The van der Waals surface area contributed by atoms with Gasteiger partial charge in [-0.1, -0.05) is 27.2 Å². The van der Waals surface area contributed by atoms with Crippen LogP contribution in [-0.2, 0) is 0 Å². The van der Waals surface area contributed by atoms with Crippen molar-refractivity contribution in [3.63, 3.8) is 0 Å². The molecule has 0 amide bonds. The van der Waals surface area contributed by atoms with Gasteiger partial charge in [0.15, 0.2) is 0 Å². The third-order valence-electron chi connectivity index (χ3n) is 3.70. The van der Waals surface area contributed by atoms with Gasteiger partial charge in [-0.3, -0.25) is 0 Å². The Morgan fingerprint density at radius 2 is 2.08 bits per heavy atom. The van der Waals surface area contributed by atoms with Crippen LogP contribution in [0.4, 0.5) is 0 Å². The fourth-order valence-electron chi connectivity index (χ4n) is 2.36. The lowest BCUT2D eigenvalue weighted by Crippen LogP contribution is -2.55. The Bertz CT molecular complexity index is 165. The highest BCUT2D eigenvalue weighted by atomic mass is 15.1. The number of nitrogens with zero attached hydrogens (tertiary/aromatic N) is 1. The van der Waals surface area contributed by atoms with E-state index < -0.39 is 0 Å². The Morgan fingerprint density at radius 1 is 1.46 bits per heavy atom. The summed E-state index contributed by atoms with van der Waals surface area (Å²) in [6.45, 7) is 7.91. The molecule has 1 saturated carbocycles. The van der Waals surface area contributed by atoms with Crippen LogP contribution in [0, 0.1) is 5.41 Å². The summed E-state index contributed by atoms with van der Waals surface area (Å²) in [5, 5.41) is 0. The van der Waals surface area contributed by atoms with Gasteiger partial charge in [0, 0.05) is 12.1 Å². The molecule has 0 saturated heterocycles. The van der Waals surface area contributed by atoms with E-state index in [9.17, 15) is 0 Å². The van der Waals surface area contributed by atoms with Crippen molar-refractivity contribution in [2.45, 2.75) is 52.1 Å². The first-order valence-electron chi connectivity index (χ1n) is 5.45. The predicted molar refractivity (Wildman–Crippen MR) is 57.7 cm³/mol. The molecule has 0 spiro atoms. The van der Waals surface area contributed by atoms with Crippen LogP contribution in [0.5, 0.6) is 0 Å². The summed E-state index contributed by atoms with van der Waals surface area (Å²) in [5.74, 6) is 0. The van der Waals surface area contributed by atoms with Crippen molar-refractivity contribution in [2.75, 3.05) is 13.6 Å². The van der Waals surface area contributed by atoms with Crippen molar-refractivity contribution in [3.8, 4) is 0 Å². The minimum atomic E-state index is 0.326. The summed E-state index contributed by atoms with van der Waals surface area (Å²) in [7, 11) is 2.19. The minimum Gasteiger partial charge on any atom is -0.326 e. The van der Waals surface area contributed by atoms with Crippen molar-refractivity contribution in [2.24, 2.45) is 11.1 Å². The lowest BCUT2D eigenvalue weighted by molar-refractivity contribution is 0.0881. The third kappa shape index (κ3) is 2.23. The van der Waals surface area contributed by atoms with E-state index in [0.717, 1.165) is 6.54 Å². The molecule has 0 aromatic heterocycles. The molecule has 0 aromatic rings. The summed E-state index contributed by atoms with van der Waals surface area (Å²) in [4.78, 5) is 2.39. The van der Waals surface area contributed by atoms with E-state index >= 15 is 0 Å². The second-order valence-electron chi connectivity index (χ2n) is 5.05. The number of hydrogen-bond acceptors (Lipinski definition) is 2. The largest absolute Gasteiger partial charge is 0.326 e. The first-order chi connectivity index (χ1) is 5.99. The van der Waals surface area contributed by atoms with Crippen LogP contribution in [0.25, 0.3) is 0 Å². The topological polar surface area (TPSA) is 29.3 Å². The van der Waals surface area contributed by atoms with Crippen molar-refractivity contribution < 1.29 is 0 Å². The van der Waals surface area contributed by atoms with Crippen LogP contribution in [0.2, 0.25) is 0 Å². The Morgan fingerprint density at radius 3 is 2.62 bits per heavy atom. The number of nitrogens with two attached hydrogens (primary N) is 1. The first kappa shape index (κ1) is 11.0. The molecule has 1 fully saturated rings. The SMILES string of the molecule is CCN(C)C1CCCC(C)(C)C1N. The van der Waals surface area contributed by atoms with Crippen molar-refractivity contribution in [3.05, 3.63) is 0 Å². The van der Waals surface area contributed by atoms with E-state index in [-0.39, 0.29) is 0 Å². The molecule has 1 rings (SSSR count). The highest BCUT2D eigenvalue weighted by Gasteiger charge is 2.37. The molecule has 2 nitrogen and oxygen atoms in total. The molecule has 0 heterocycles. The summed E-state index contributed by atoms with van der Waals surface area (Å²) >= 11 is 0. The molecule has 1 aliphatic carbocycles. The second kappa shape index (κ2) is 3.97. The molecular weight excluding hydrogens is 160 g/mol. The van der Waals surface area contributed by atoms with Crippen LogP contribution in [-0.4, -0.2) is 30.6 Å². The molecule has 2 atom stereocenters. The molecule has 2 unspecified atom stereocenters. The summed E-state index contributed by atoms with van der Waals surface area (Å²) in [5.41, 5.74) is 6.62. The standard InChI is InChI=1S/C11H24N2/c1-5-13(4)9-7-6-8-11(2,3)10(9)12/h9-10H,5-8,12H2,1-4H3. The highest BCUT2D eigenvalue weighted by Crippen LogP contribution is 2.35. The maximum atomic E-state index is 6.29. The van der Waals surface area contributed by atoms with Crippen molar-refractivity contribution in [1.29, 1.82) is 0 Å². The Kier molecular flexibility index (Phi) is 3.36. The molecule has 13 heavy (non-hydrogen) atoms. The lowest BCUT2D eigenvalue weighted by atomic mass is 9.71. The second-order valence-corrected chi connectivity index (χ2v) is 5.05. The average molecular weight is 184 g/mol. The van der Waals surface area contributed by atoms with Gasteiger partial charge in [0.25, 0.3) is 0 Å². The zero-order valence-corrected chi connectivity index (χ0v) is 9.51. The van der Waals surface area contributed by atoms with Crippen molar-refractivity contribution >= 4 is 0 Å². The minimum absolute atomic E-state index is 0.326. The van der Waals surface area contributed by atoms with Crippen LogP contribution in [0.15, 0.2) is 0 Å². The van der Waals surface area contributed by atoms with Crippen LogP contribution >= 0.6 is 0 Å². The lowest BCUT2D eigenvalue weighted by Gasteiger charge is -2.45. The number of rotatable bonds is 2. The van der Waals surface area contributed by atoms with E-state index in [1.54, 1.807) is 0 Å². The molecule has 78 valence electrons. The maximum absolute atomic E-state index is 6.29. The highest BCUT2D eigenvalue weighted by molar-refractivity contribution is 4.95. The normalized spacial score (nSPS) is 33.7. The summed E-state index contributed by atoms with van der Waals surface area (Å²) < 4.78 is 0. The van der Waals surface area contributed by atoms with Gasteiger partial charge in [-0.25, -0.2) is 0 Å². The fourth-order valence-corrected chi connectivity index (χ4v) is 2.36. The molecule has 1 aliphatic rings. The van der Waals surface area contributed by atoms with Gasteiger partial charge < -0.3 is 10.6 Å². The zero-order valence-electron chi connectivity index (χ0n) is 9.51. The Labute approximate surface area is 82.5 Å². The van der Waals surface area contributed by atoms with Crippen molar-refractivity contribution in [1.82, 2.24) is 4.90 Å². The smallest absolute Gasteiger partial charge is 0.0249 e. The third-order valence-corrected chi connectivity index (χ3v) is 3.70. The Balaban J connectivity index is 2.65. The van der Waals surface area contributed by atoms with E-state index in [1.807, 2.05) is 0 Å². The average Bonchev–Trinajstić information content (AvgIpc) is 2.08. The molecule has 2 heteroatoms. The number of hydrogen-bond donors (Lipinski definition) is 1. The van der Waals surface area contributed by atoms with Gasteiger partial charge in [0.05, 0.1) is 0 Å². The maximum Gasteiger partial charge on any atom is 0.0249 e. The van der Waals surface area contributed by atoms with E-state index in [1.165, 1.54) is 19.3 Å². The van der Waals surface area contributed by atoms with Gasteiger partial charge in [-0.15, -0.1) is 0 Å². The fraction of sp³-hybridized carbons (Fsp3) is 1.00. The van der Waals surface area contributed by atoms with E-state index in [2.05, 4.69) is 32.7 Å². The summed E-state index contributed by atoms with van der Waals surface area (Å²) in [6.07, 6.45) is 3.88. The Hall–Kier alpha value is -0.0800. The zero-order chi connectivity index (χ0) is 10.1. The van der Waals surface area contributed by atoms with Gasteiger partial charge in [-0.2, -0.15) is 0 Å². The van der Waals surface area contributed by atoms with Gasteiger partial charge in [0.2, 0.25) is 0 Å². The summed E-state index contributed by atoms with van der Waals surface area (Å²) in [6, 6.07) is 0.931. The van der Waals surface area contributed by atoms with E-state index in [4.69, 9.17) is 5.73 Å².